The van der Waals surface area contributed by atoms with Gasteiger partial charge in [0.1, 0.15) is 21.5 Å². The molecule has 0 unspecified atom stereocenters. The monoisotopic (exact) mass is 368 g/mol. The van der Waals surface area contributed by atoms with E-state index in [-0.39, 0.29) is 12.2 Å². The largest absolute Gasteiger partial charge is 0.496 e. The Labute approximate surface area is 156 Å². The Bertz CT molecular complexity index is 907. The van der Waals surface area contributed by atoms with Gasteiger partial charge in [-0.1, -0.05) is 48.6 Å². The van der Waals surface area contributed by atoms with Crippen LogP contribution >= 0.6 is 11.3 Å². The Balaban J connectivity index is 1.85. The quantitative estimate of drug-likeness (QED) is 0.585. The third-order valence-electron chi connectivity index (χ3n) is 4.08. The zero-order valence-electron chi connectivity index (χ0n) is 15.0. The van der Waals surface area contributed by atoms with Crippen LogP contribution < -0.4 is 9.47 Å². The summed E-state index contributed by atoms with van der Waals surface area (Å²) in [5.74, 6) is 1.19. The van der Waals surface area contributed by atoms with Crippen molar-refractivity contribution in [1.82, 2.24) is 10.2 Å². The maximum atomic E-state index is 12.8. The second kappa shape index (κ2) is 8.10. The van der Waals surface area contributed by atoms with E-state index in [0.717, 1.165) is 28.3 Å². The number of hydrogen-bond donors (Lipinski definition) is 0. The number of methoxy groups -OCH3 is 2. The molecule has 0 aliphatic rings. The minimum absolute atomic E-state index is 0.0463. The summed E-state index contributed by atoms with van der Waals surface area (Å²) in [7, 11) is 3.16. The zero-order chi connectivity index (χ0) is 18.5. The van der Waals surface area contributed by atoms with E-state index in [0.29, 0.717) is 16.3 Å². The van der Waals surface area contributed by atoms with Crippen molar-refractivity contribution in [2.24, 2.45) is 0 Å². The lowest BCUT2D eigenvalue weighted by Crippen LogP contribution is -2.07. The highest BCUT2D eigenvalue weighted by Gasteiger charge is 2.19. The maximum absolute atomic E-state index is 12.8. The molecule has 26 heavy (non-hydrogen) atoms. The lowest BCUT2D eigenvalue weighted by atomic mass is 10.0. The Morgan fingerprint density at radius 1 is 1.04 bits per heavy atom. The molecule has 2 aromatic carbocycles. The van der Waals surface area contributed by atoms with Gasteiger partial charge in [-0.15, -0.1) is 10.2 Å². The predicted octanol–water partition coefficient (Wildman–Crippen LogP) is 4.21. The number of hydrogen-bond acceptors (Lipinski definition) is 6. The summed E-state index contributed by atoms with van der Waals surface area (Å²) in [5, 5.41) is 9.87. The number of ether oxygens (including phenoxy) is 2. The Kier molecular flexibility index (Phi) is 5.63. The van der Waals surface area contributed by atoms with Crippen molar-refractivity contribution in [2.45, 2.75) is 19.8 Å². The summed E-state index contributed by atoms with van der Waals surface area (Å²) in [6.07, 6.45) is 0.959. The molecule has 0 bridgehead atoms. The molecule has 0 N–H and O–H groups in total. The summed E-state index contributed by atoms with van der Waals surface area (Å²) in [4.78, 5) is 12.8. The van der Waals surface area contributed by atoms with Crippen molar-refractivity contribution in [2.75, 3.05) is 14.2 Å². The lowest BCUT2D eigenvalue weighted by Gasteiger charge is -2.13. The minimum atomic E-state index is -0.0463. The van der Waals surface area contributed by atoms with Gasteiger partial charge in [0.15, 0.2) is 5.78 Å². The summed E-state index contributed by atoms with van der Waals surface area (Å²) in [6, 6.07) is 13.4. The molecule has 0 saturated heterocycles. The number of benzene rings is 2. The molecule has 0 atom stereocenters. The number of aromatic nitrogens is 2. The van der Waals surface area contributed by atoms with Crippen molar-refractivity contribution in [3.05, 3.63) is 58.6 Å². The first kappa shape index (κ1) is 18.1. The molecule has 0 radical (unpaired) electrons. The first-order valence-electron chi connectivity index (χ1n) is 8.32. The predicted molar refractivity (Wildman–Crippen MR) is 102 cm³/mol. The molecule has 3 rings (SSSR count). The van der Waals surface area contributed by atoms with Crippen LogP contribution in [0.3, 0.4) is 0 Å². The molecule has 1 aromatic heterocycles. The second-order valence-corrected chi connectivity index (χ2v) is 6.75. The first-order valence-corrected chi connectivity index (χ1v) is 9.13. The summed E-state index contributed by atoms with van der Waals surface area (Å²) in [6.45, 7) is 2.02. The smallest absolute Gasteiger partial charge is 0.173 e. The van der Waals surface area contributed by atoms with Gasteiger partial charge in [-0.2, -0.15) is 0 Å². The van der Waals surface area contributed by atoms with Crippen LogP contribution in [0.25, 0.3) is 10.6 Å². The molecule has 6 heteroatoms. The molecule has 0 amide bonds. The molecule has 0 spiro atoms. The number of carbonyl (C=O) groups is 1. The fraction of sp³-hybridized carbons (Fsp3) is 0.250. The molecule has 0 saturated carbocycles. The van der Waals surface area contributed by atoms with Crippen molar-refractivity contribution < 1.29 is 14.3 Å². The van der Waals surface area contributed by atoms with Gasteiger partial charge in [0.05, 0.1) is 26.2 Å². The fourth-order valence-electron chi connectivity index (χ4n) is 2.71. The van der Waals surface area contributed by atoms with E-state index in [9.17, 15) is 4.79 Å². The SMILES string of the molecule is CCc1cc(C(=O)Cc2nnc(-c3ccccc3)s2)c(OC)cc1OC. The van der Waals surface area contributed by atoms with E-state index < -0.39 is 0 Å². The van der Waals surface area contributed by atoms with Crippen LogP contribution in [0.5, 0.6) is 11.5 Å². The average Bonchev–Trinajstić information content (AvgIpc) is 3.15. The number of ketones is 1. The van der Waals surface area contributed by atoms with Gasteiger partial charge in [-0.25, -0.2) is 0 Å². The molecule has 1 heterocycles. The van der Waals surface area contributed by atoms with Gasteiger partial charge >= 0.3 is 0 Å². The van der Waals surface area contributed by atoms with Crippen LogP contribution in [-0.2, 0) is 12.8 Å². The van der Waals surface area contributed by atoms with Gasteiger partial charge < -0.3 is 9.47 Å². The van der Waals surface area contributed by atoms with Crippen LogP contribution in [0.4, 0.5) is 0 Å². The van der Waals surface area contributed by atoms with Crippen LogP contribution in [0.1, 0.15) is 27.9 Å². The number of nitrogens with zero attached hydrogens (tertiary/aromatic N) is 2. The van der Waals surface area contributed by atoms with E-state index in [1.165, 1.54) is 11.3 Å². The highest BCUT2D eigenvalue weighted by molar-refractivity contribution is 7.14. The number of Topliss-reactive ketones (excluding diaryl/α,β-unsaturated/α-hetero) is 1. The standard InChI is InChI=1S/C20H20N2O3S/c1-4-13-10-15(18(25-3)12-17(13)24-2)16(23)11-19-21-22-20(26-19)14-8-6-5-7-9-14/h5-10,12H,4,11H2,1-3H3. The Morgan fingerprint density at radius 3 is 2.42 bits per heavy atom. The molecular formula is C20H20N2O3S. The third kappa shape index (κ3) is 3.75. The maximum Gasteiger partial charge on any atom is 0.173 e. The number of aryl methyl sites for hydroxylation is 1. The highest BCUT2D eigenvalue weighted by atomic mass is 32.1. The van der Waals surface area contributed by atoms with Crippen LogP contribution in [0, 0.1) is 0 Å². The average molecular weight is 368 g/mol. The van der Waals surface area contributed by atoms with E-state index in [1.807, 2.05) is 43.3 Å². The van der Waals surface area contributed by atoms with E-state index in [1.54, 1.807) is 20.3 Å². The topological polar surface area (TPSA) is 61.3 Å². The van der Waals surface area contributed by atoms with Crippen LogP contribution in [0.15, 0.2) is 42.5 Å². The van der Waals surface area contributed by atoms with Gasteiger partial charge in [0, 0.05) is 11.6 Å². The molecule has 0 fully saturated rings. The normalized spacial score (nSPS) is 10.6. The van der Waals surface area contributed by atoms with Crippen LogP contribution in [0.2, 0.25) is 0 Å². The second-order valence-electron chi connectivity index (χ2n) is 5.68. The molecular weight excluding hydrogens is 348 g/mol. The van der Waals surface area contributed by atoms with Crippen molar-refractivity contribution >= 4 is 17.1 Å². The van der Waals surface area contributed by atoms with Crippen molar-refractivity contribution in [3.63, 3.8) is 0 Å². The molecule has 0 aliphatic heterocycles. The molecule has 5 nitrogen and oxygen atoms in total. The van der Waals surface area contributed by atoms with E-state index in [2.05, 4.69) is 10.2 Å². The summed E-state index contributed by atoms with van der Waals surface area (Å²) in [5.41, 5.74) is 2.51. The van der Waals surface area contributed by atoms with Crippen LogP contribution in [-0.4, -0.2) is 30.2 Å². The molecule has 0 aliphatic carbocycles. The third-order valence-corrected chi connectivity index (χ3v) is 5.06. The Morgan fingerprint density at radius 2 is 1.77 bits per heavy atom. The first-order chi connectivity index (χ1) is 12.7. The van der Waals surface area contributed by atoms with E-state index >= 15 is 0 Å². The molecule has 134 valence electrons. The van der Waals surface area contributed by atoms with E-state index in [4.69, 9.17) is 9.47 Å². The minimum Gasteiger partial charge on any atom is -0.496 e. The fourth-order valence-corrected chi connectivity index (χ4v) is 3.56. The summed E-state index contributed by atoms with van der Waals surface area (Å²) >= 11 is 1.43. The van der Waals surface area contributed by atoms with Gasteiger partial charge in [0.25, 0.3) is 0 Å². The van der Waals surface area contributed by atoms with Crippen molar-refractivity contribution in [3.8, 4) is 22.1 Å². The summed E-state index contributed by atoms with van der Waals surface area (Å²) < 4.78 is 10.8. The van der Waals surface area contributed by atoms with Gasteiger partial charge in [0.2, 0.25) is 0 Å². The van der Waals surface area contributed by atoms with Gasteiger partial charge in [-0.3, -0.25) is 4.79 Å². The number of rotatable bonds is 7. The molecule has 3 aromatic rings. The number of carbonyl (C=O) groups excluding carboxylic acids is 1. The Hall–Kier alpha value is -2.73. The van der Waals surface area contributed by atoms with Gasteiger partial charge in [-0.05, 0) is 18.1 Å². The van der Waals surface area contributed by atoms with Crippen molar-refractivity contribution in [1.29, 1.82) is 0 Å². The highest BCUT2D eigenvalue weighted by Crippen LogP contribution is 2.31. The zero-order valence-corrected chi connectivity index (χ0v) is 15.8. The lowest BCUT2D eigenvalue weighted by molar-refractivity contribution is 0.0989.